The van der Waals surface area contributed by atoms with Gasteiger partial charge in [0.1, 0.15) is 18.1 Å². The van der Waals surface area contributed by atoms with E-state index in [0.29, 0.717) is 12.6 Å². The van der Waals surface area contributed by atoms with Crippen LogP contribution in [0.3, 0.4) is 0 Å². The molecule has 0 saturated carbocycles. The van der Waals surface area contributed by atoms with Crippen LogP contribution in [0.1, 0.15) is 11.1 Å². The number of hydrogen-bond donors (Lipinski definition) is 1. The summed E-state index contributed by atoms with van der Waals surface area (Å²) in [6, 6.07) is 16.7. The van der Waals surface area contributed by atoms with Crippen molar-refractivity contribution in [3.05, 3.63) is 59.7 Å². The summed E-state index contributed by atoms with van der Waals surface area (Å²) >= 11 is 0. The van der Waals surface area contributed by atoms with Gasteiger partial charge < -0.3 is 14.8 Å². The summed E-state index contributed by atoms with van der Waals surface area (Å²) in [5.41, 5.74) is 2.82. The zero-order valence-electron chi connectivity index (χ0n) is 11.6. The molecule has 20 heavy (non-hydrogen) atoms. The van der Waals surface area contributed by atoms with Crippen molar-refractivity contribution in [1.29, 1.82) is 0 Å². The highest BCUT2D eigenvalue weighted by molar-refractivity contribution is 5.33. The summed E-state index contributed by atoms with van der Waals surface area (Å²) in [5.74, 6) is 1.68. The second-order valence-electron chi connectivity index (χ2n) is 5.04. The van der Waals surface area contributed by atoms with Crippen LogP contribution in [0, 0.1) is 0 Å². The fourth-order valence-corrected chi connectivity index (χ4v) is 2.53. The summed E-state index contributed by atoms with van der Waals surface area (Å²) in [6.07, 6.45) is 1.01. The lowest BCUT2D eigenvalue weighted by atomic mass is 9.96. The van der Waals surface area contributed by atoms with E-state index in [1.165, 1.54) is 11.1 Å². The highest BCUT2D eigenvalue weighted by Crippen LogP contribution is 2.20. The van der Waals surface area contributed by atoms with E-state index in [4.69, 9.17) is 9.47 Å². The van der Waals surface area contributed by atoms with Gasteiger partial charge in [0.15, 0.2) is 0 Å². The van der Waals surface area contributed by atoms with Gasteiger partial charge in [-0.3, -0.25) is 0 Å². The zero-order valence-corrected chi connectivity index (χ0v) is 11.6. The molecule has 1 aliphatic rings. The lowest BCUT2D eigenvalue weighted by Crippen LogP contribution is -2.39. The topological polar surface area (TPSA) is 30.5 Å². The highest BCUT2D eigenvalue weighted by Gasteiger charge is 2.17. The maximum absolute atomic E-state index is 5.86. The number of benzene rings is 2. The van der Waals surface area contributed by atoms with Crippen molar-refractivity contribution in [2.24, 2.45) is 0 Å². The number of ether oxygens (including phenoxy) is 2. The molecule has 0 saturated heterocycles. The molecule has 1 N–H and O–H groups in total. The van der Waals surface area contributed by atoms with Crippen molar-refractivity contribution in [3.63, 3.8) is 0 Å². The fourth-order valence-electron chi connectivity index (χ4n) is 2.53. The van der Waals surface area contributed by atoms with Crippen LogP contribution in [0.5, 0.6) is 11.5 Å². The first kappa shape index (κ1) is 13.0. The van der Waals surface area contributed by atoms with Gasteiger partial charge in [-0.2, -0.15) is 0 Å². The summed E-state index contributed by atoms with van der Waals surface area (Å²) in [7, 11) is 1.67. The Bertz CT molecular complexity index is 583. The Morgan fingerprint density at radius 3 is 2.70 bits per heavy atom. The van der Waals surface area contributed by atoms with Crippen molar-refractivity contribution in [1.82, 2.24) is 5.32 Å². The molecule has 0 bridgehead atoms. The van der Waals surface area contributed by atoms with Gasteiger partial charge in [0, 0.05) is 18.7 Å². The molecule has 1 unspecified atom stereocenters. The Kier molecular flexibility index (Phi) is 3.88. The van der Waals surface area contributed by atoms with Gasteiger partial charge in [-0.1, -0.05) is 30.3 Å². The third kappa shape index (κ3) is 2.94. The van der Waals surface area contributed by atoms with Crippen molar-refractivity contribution in [2.75, 3.05) is 13.7 Å². The second kappa shape index (κ2) is 5.97. The van der Waals surface area contributed by atoms with Gasteiger partial charge in [-0.25, -0.2) is 0 Å². The van der Waals surface area contributed by atoms with Crippen LogP contribution in [0.4, 0.5) is 0 Å². The number of fused-ring (bicyclic) bond motifs is 1. The van der Waals surface area contributed by atoms with E-state index >= 15 is 0 Å². The van der Waals surface area contributed by atoms with E-state index in [9.17, 15) is 0 Å². The number of hydrogen-bond acceptors (Lipinski definition) is 3. The van der Waals surface area contributed by atoms with Gasteiger partial charge in [-0.05, 0) is 29.7 Å². The maximum Gasteiger partial charge on any atom is 0.123 e. The standard InChI is InChI=1S/C17H19NO2/c1-19-16-7-4-8-17(10-16)20-12-15-9-13-5-2-3-6-14(13)11-18-15/h2-8,10,15,18H,9,11-12H2,1H3. The SMILES string of the molecule is COc1cccc(OCC2Cc3ccccc3CN2)c1. The molecule has 3 rings (SSSR count). The quantitative estimate of drug-likeness (QED) is 0.926. The first-order chi connectivity index (χ1) is 9.85. The summed E-state index contributed by atoms with van der Waals surface area (Å²) in [4.78, 5) is 0. The Labute approximate surface area is 119 Å². The van der Waals surface area contributed by atoms with Crippen LogP contribution in [0.25, 0.3) is 0 Å². The molecule has 1 atom stereocenters. The van der Waals surface area contributed by atoms with Crippen molar-refractivity contribution in [2.45, 2.75) is 19.0 Å². The van der Waals surface area contributed by atoms with Crippen LogP contribution < -0.4 is 14.8 Å². The van der Waals surface area contributed by atoms with Crippen molar-refractivity contribution >= 4 is 0 Å². The van der Waals surface area contributed by atoms with E-state index in [-0.39, 0.29) is 0 Å². The van der Waals surface area contributed by atoms with E-state index in [2.05, 4.69) is 29.6 Å². The van der Waals surface area contributed by atoms with Gasteiger partial charge >= 0.3 is 0 Å². The predicted molar refractivity (Wildman–Crippen MR) is 79.3 cm³/mol. The van der Waals surface area contributed by atoms with Gasteiger partial charge in [0.2, 0.25) is 0 Å². The largest absolute Gasteiger partial charge is 0.497 e. The average Bonchev–Trinajstić information content (AvgIpc) is 2.53. The minimum atomic E-state index is 0.358. The zero-order chi connectivity index (χ0) is 13.8. The van der Waals surface area contributed by atoms with E-state index < -0.39 is 0 Å². The fraction of sp³-hybridized carbons (Fsp3) is 0.294. The maximum atomic E-state index is 5.86. The summed E-state index contributed by atoms with van der Waals surface area (Å²) in [6.45, 7) is 1.59. The number of rotatable bonds is 4. The molecule has 0 spiro atoms. The third-order valence-electron chi connectivity index (χ3n) is 3.66. The van der Waals surface area contributed by atoms with E-state index in [0.717, 1.165) is 24.5 Å². The lowest BCUT2D eigenvalue weighted by Gasteiger charge is -2.26. The van der Waals surface area contributed by atoms with E-state index in [1.54, 1.807) is 7.11 Å². The van der Waals surface area contributed by atoms with Gasteiger partial charge in [0.05, 0.1) is 7.11 Å². The Hall–Kier alpha value is -2.00. The molecule has 3 nitrogen and oxygen atoms in total. The molecular formula is C17H19NO2. The number of nitrogens with one attached hydrogen (secondary N) is 1. The smallest absolute Gasteiger partial charge is 0.123 e. The first-order valence-corrected chi connectivity index (χ1v) is 6.92. The van der Waals surface area contributed by atoms with Crippen molar-refractivity contribution < 1.29 is 9.47 Å². The molecule has 0 radical (unpaired) electrons. The third-order valence-corrected chi connectivity index (χ3v) is 3.66. The Balaban J connectivity index is 1.60. The van der Waals surface area contributed by atoms with E-state index in [1.807, 2.05) is 24.3 Å². The molecule has 0 amide bonds. The molecular weight excluding hydrogens is 250 g/mol. The van der Waals surface area contributed by atoms with Crippen LogP contribution in [-0.2, 0) is 13.0 Å². The van der Waals surface area contributed by atoms with Gasteiger partial charge in [0.25, 0.3) is 0 Å². The highest BCUT2D eigenvalue weighted by atomic mass is 16.5. The molecule has 0 fully saturated rings. The van der Waals surface area contributed by atoms with Gasteiger partial charge in [-0.15, -0.1) is 0 Å². The minimum absolute atomic E-state index is 0.358. The molecule has 0 aliphatic carbocycles. The predicted octanol–water partition coefficient (Wildman–Crippen LogP) is 2.79. The molecule has 3 heteroatoms. The van der Waals surface area contributed by atoms with Crippen LogP contribution in [0.2, 0.25) is 0 Å². The Morgan fingerprint density at radius 2 is 1.85 bits per heavy atom. The van der Waals surface area contributed by atoms with Crippen LogP contribution >= 0.6 is 0 Å². The molecule has 2 aromatic rings. The normalized spacial score (nSPS) is 17.4. The monoisotopic (exact) mass is 269 g/mol. The molecule has 1 aliphatic heterocycles. The van der Waals surface area contributed by atoms with Crippen LogP contribution in [-0.4, -0.2) is 19.8 Å². The molecule has 2 aromatic carbocycles. The second-order valence-corrected chi connectivity index (χ2v) is 5.04. The molecule has 0 aromatic heterocycles. The lowest BCUT2D eigenvalue weighted by molar-refractivity contribution is 0.255. The average molecular weight is 269 g/mol. The Morgan fingerprint density at radius 1 is 1.05 bits per heavy atom. The summed E-state index contributed by atoms with van der Waals surface area (Å²) < 4.78 is 11.1. The molecule has 104 valence electrons. The van der Waals surface area contributed by atoms with Crippen molar-refractivity contribution in [3.8, 4) is 11.5 Å². The molecule has 1 heterocycles. The van der Waals surface area contributed by atoms with Crippen LogP contribution in [0.15, 0.2) is 48.5 Å². The number of methoxy groups -OCH3 is 1. The minimum Gasteiger partial charge on any atom is -0.497 e. The summed E-state index contributed by atoms with van der Waals surface area (Å²) in [5, 5.41) is 3.52. The first-order valence-electron chi connectivity index (χ1n) is 6.92.